The van der Waals surface area contributed by atoms with Crippen molar-refractivity contribution in [2.24, 2.45) is 0 Å². The summed E-state index contributed by atoms with van der Waals surface area (Å²) in [5, 5.41) is 1.06. The van der Waals surface area contributed by atoms with E-state index in [9.17, 15) is 4.39 Å². The SMILES string of the molecule is CC(C)c1c(-c2cc(Cl)cc(Cl)c2)[c]ccc1F. The van der Waals surface area contributed by atoms with E-state index in [0.29, 0.717) is 15.6 Å². The van der Waals surface area contributed by atoms with Gasteiger partial charge in [-0.3, -0.25) is 0 Å². The zero-order valence-corrected chi connectivity index (χ0v) is 11.6. The van der Waals surface area contributed by atoms with Crippen LogP contribution in [0, 0.1) is 11.9 Å². The molecule has 0 aliphatic carbocycles. The van der Waals surface area contributed by atoms with Crippen molar-refractivity contribution in [3.63, 3.8) is 0 Å². The molecule has 0 unspecified atom stereocenters. The van der Waals surface area contributed by atoms with Crippen molar-refractivity contribution in [3.8, 4) is 11.1 Å². The van der Waals surface area contributed by atoms with Crippen LogP contribution in [-0.4, -0.2) is 0 Å². The highest BCUT2D eigenvalue weighted by Gasteiger charge is 2.14. The maximum Gasteiger partial charge on any atom is 0.127 e. The van der Waals surface area contributed by atoms with Gasteiger partial charge in [-0.25, -0.2) is 4.39 Å². The summed E-state index contributed by atoms with van der Waals surface area (Å²) in [4.78, 5) is 0. The van der Waals surface area contributed by atoms with Crippen LogP contribution >= 0.6 is 23.2 Å². The summed E-state index contributed by atoms with van der Waals surface area (Å²) in [5.74, 6) is -0.162. The first-order valence-electron chi connectivity index (χ1n) is 5.65. The lowest BCUT2D eigenvalue weighted by molar-refractivity contribution is 0.599. The Labute approximate surface area is 116 Å². The minimum absolute atomic E-state index is 0.0650. The topological polar surface area (TPSA) is 0 Å². The van der Waals surface area contributed by atoms with Crippen molar-refractivity contribution in [1.82, 2.24) is 0 Å². The Hall–Kier alpha value is -1.05. The fourth-order valence-corrected chi connectivity index (χ4v) is 2.51. The Balaban J connectivity index is 2.67. The van der Waals surface area contributed by atoms with E-state index in [1.807, 2.05) is 13.8 Å². The summed E-state index contributed by atoms with van der Waals surface area (Å²) in [6.07, 6.45) is 0. The summed E-state index contributed by atoms with van der Waals surface area (Å²) in [5.41, 5.74) is 2.14. The van der Waals surface area contributed by atoms with Crippen molar-refractivity contribution < 1.29 is 4.39 Å². The molecule has 2 aromatic rings. The molecule has 93 valence electrons. The molecule has 0 spiro atoms. The molecule has 0 fully saturated rings. The van der Waals surface area contributed by atoms with Crippen LogP contribution in [0.5, 0.6) is 0 Å². The Bertz CT molecular complexity index is 556. The van der Waals surface area contributed by atoms with Crippen molar-refractivity contribution in [3.05, 3.63) is 57.8 Å². The number of hydrogen-bond acceptors (Lipinski definition) is 0. The molecule has 0 aliphatic heterocycles. The predicted molar refractivity (Wildman–Crippen MR) is 74.8 cm³/mol. The molecule has 3 heteroatoms. The number of rotatable bonds is 2. The molecule has 0 aliphatic rings. The van der Waals surface area contributed by atoms with Gasteiger partial charge in [0.1, 0.15) is 5.82 Å². The Morgan fingerprint density at radius 2 is 1.72 bits per heavy atom. The van der Waals surface area contributed by atoms with E-state index in [2.05, 4.69) is 6.07 Å². The molecule has 0 nitrogen and oxygen atoms in total. The quantitative estimate of drug-likeness (QED) is 0.660. The second kappa shape index (κ2) is 5.29. The lowest BCUT2D eigenvalue weighted by Gasteiger charge is -2.14. The van der Waals surface area contributed by atoms with Gasteiger partial charge in [-0.05, 0) is 52.9 Å². The highest BCUT2D eigenvalue weighted by molar-refractivity contribution is 6.35. The largest absolute Gasteiger partial charge is 0.207 e. The molecule has 0 saturated carbocycles. The Morgan fingerprint density at radius 1 is 1.11 bits per heavy atom. The molecular formula is C15H12Cl2F. The lowest BCUT2D eigenvalue weighted by atomic mass is 9.92. The van der Waals surface area contributed by atoms with E-state index in [-0.39, 0.29) is 11.7 Å². The standard InChI is InChI=1S/C15H12Cl2F/c1-9(2)15-13(4-3-5-14(15)18)10-6-11(16)8-12(17)7-10/h3,5-9H,1-2H3. The van der Waals surface area contributed by atoms with E-state index in [0.717, 1.165) is 11.1 Å². The Morgan fingerprint density at radius 3 is 2.28 bits per heavy atom. The molecule has 0 atom stereocenters. The third kappa shape index (κ3) is 2.68. The average molecular weight is 282 g/mol. The minimum atomic E-state index is -0.227. The third-order valence-corrected chi connectivity index (χ3v) is 3.15. The van der Waals surface area contributed by atoms with E-state index in [1.165, 1.54) is 6.07 Å². The van der Waals surface area contributed by atoms with Gasteiger partial charge in [0.2, 0.25) is 0 Å². The van der Waals surface area contributed by atoms with E-state index in [1.54, 1.807) is 24.3 Å². The molecule has 0 amide bonds. The molecule has 0 aromatic heterocycles. The lowest BCUT2D eigenvalue weighted by Crippen LogP contribution is -1.97. The van der Waals surface area contributed by atoms with Gasteiger partial charge < -0.3 is 0 Å². The first kappa shape index (κ1) is 13.4. The van der Waals surface area contributed by atoms with Crippen LogP contribution in [0.15, 0.2) is 30.3 Å². The molecule has 1 radical (unpaired) electrons. The van der Waals surface area contributed by atoms with Crippen LogP contribution in [0.25, 0.3) is 11.1 Å². The van der Waals surface area contributed by atoms with E-state index >= 15 is 0 Å². The smallest absolute Gasteiger partial charge is 0.127 e. The molecule has 18 heavy (non-hydrogen) atoms. The van der Waals surface area contributed by atoms with Crippen molar-refractivity contribution >= 4 is 23.2 Å². The van der Waals surface area contributed by atoms with Gasteiger partial charge in [0.25, 0.3) is 0 Å². The second-order valence-corrected chi connectivity index (χ2v) is 5.30. The second-order valence-electron chi connectivity index (χ2n) is 4.43. The Kier molecular flexibility index (Phi) is 3.94. The van der Waals surface area contributed by atoms with Crippen LogP contribution in [0.4, 0.5) is 4.39 Å². The van der Waals surface area contributed by atoms with Gasteiger partial charge in [0, 0.05) is 10.0 Å². The first-order valence-corrected chi connectivity index (χ1v) is 6.41. The van der Waals surface area contributed by atoms with Gasteiger partial charge >= 0.3 is 0 Å². The predicted octanol–water partition coefficient (Wildman–Crippen LogP) is 5.72. The normalized spacial score (nSPS) is 11.0. The van der Waals surface area contributed by atoms with Crippen LogP contribution in [0.1, 0.15) is 25.3 Å². The van der Waals surface area contributed by atoms with Gasteiger partial charge in [-0.1, -0.05) is 43.1 Å². The maximum absolute atomic E-state index is 13.9. The fourth-order valence-electron chi connectivity index (χ4n) is 1.99. The fraction of sp³-hybridized carbons (Fsp3) is 0.200. The van der Waals surface area contributed by atoms with Crippen molar-refractivity contribution in [2.45, 2.75) is 19.8 Å². The molecule has 0 N–H and O–H groups in total. The first-order chi connectivity index (χ1) is 8.49. The van der Waals surface area contributed by atoms with Crippen LogP contribution in [0.3, 0.4) is 0 Å². The van der Waals surface area contributed by atoms with E-state index < -0.39 is 0 Å². The minimum Gasteiger partial charge on any atom is -0.207 e. The summed E-state index contributed by atoms with van der Waals surface area (Å²) in [6.45, 7) is 3.89. The van der Waals surface area contributed by atoms with Gasteiger partial charge in [0.05, 0.1) is 0 Å². The van der Waals surface area contributed by atoms with Gasteiger partial charge in [-0.2, -0.15) is 0 Å². The van der Waals surface area contributed by atoms with Crippen LogP contribution < -0.4 is 0 Å². The molecule has 0 heterocycles. The summed E-state index contributed by atoms with van der Waals surface area (Å²) < 4.78 is 13.9. The highest BCUT2D eigenvalue weighted by atomic mass is 35.5. The highest BCUT2D eigenvalue weighted by Crippen LogP contribution is 2.33. The monoisotopic (exact) mass is 281 g/mol. The number of halogens is 3. The molecule has 2 aromatic carbocycles. The maximum atomic E-state index is 13.9. The van der Waals surface area contributed by atoms with Crippen molar-refractivity contribution in [1.29, 1.82) is 0 Å². The number of hydrogen-bond donors (Lipinski definition) is 0. The summed E-state index contributed by atoms with van der Waals surface area (Å²) in [7, 11) is 0. The molecular weight excluding hydrogens is 270 g/mol. The zero-order chi connectivity index (χ0) is 13.3. The van der Waals surface area contributed by atoms with Crippen LogP contribution in [-0.2, 0) is 0 Å². The molecule has 0 bridgehead atoms. The van der Waals surface area contributed by atoms with Gasteiger partial charge in [-0.15, -0.1) is 0 Å². The summed E-state index contributed by atoms with van der Waals surface area (Å²) >= 11 is 12.0. The van der Waals surface area contributed by atoms with Crippen molar-refractivity contribution in [2.75, 3.05) is 0 Å². The van der Waals surface area contributed by atoms with Gasteiger partial charge in [0.15, 0.2) is 0 Å². The molecule has 2 rings (SSSR count). The average Bonchev–Trinajstić information content (AvgIpc) is 2.26. The number of benzene rings is 2. The third-order valence-electron chi connectivity index (χ3n) is 2.71. The summed E-state index contributed by atoms with van der Waals surface area (Å²) in [6, 6.07) is 11.3. The van der Waals surface area contributed by atoms with E-state index in [4.69, 9.17) is 23.2 Å². The van der Waals surface area contributed by atoms with Crippen LogP contribution in [0.2, 0.25) is 10.0 Å². The zero-order valence-electron chi connectivity index (χ0n) is 10.1. The molecule has 0 saturated heterocycles.